The summed E-state index contributed by atoms with van der Waals surface area (Å²) in [6.07, 6.45) is 7.55. The summed E-state index contributed by atoms with van der Waals surface area (Å²) in [7, 11) is -1.76. The molecule has 1 amide bonds. The van der Waals surface area contributed by atoms with Crippen LogP contribution in [0.25, 0.3) is 0 Å². The smallest absolute Gasteiger partial charge is 0.232 e. The van der Waals surface area contributed by atoms with Gasteiger partial charge in [0, 0.05) is 18.4 Å². The molecule has 0 aliphatic heterocycles. The molecule has 0 heterocycles. The van der Waals surface area contributed by atoms with Crippen LogP contribution in [0, 0.1) is 17.2 Å². The second-order valence-electron chi connectivity index (χ2n) is 8.05. The summed E-state index contributed by atoms with van der Waals surface area (Å²) in [5.41, 5.74) is 1.14. The zero-order valence-corrected chi connectivity index (χ0v) is 18.5. The molecule has 1 aliphatic rings. The van der Waals surface area contributed by atoms with E-state index in [1.807, 2.05) is 13.8 Å². The fraction of sp³-hybridized carbons (Fsp3) is 0.545. The maximum atomic E-state index is 13.2. The number of ether oxygens (including phenoxy) is 1. The fourth-order valence-corrected chi connectivity index (χ4v) is 4.60. The van der Waals surface area contributed by atoms with Crippen molar-refractivity contribution >= 4 is 22.0 Å². The van der Waals surface area contributed by atoms with Crippen LogP contribution in [0.1, 0.15) is 57.4 Å². The fourth-order valence-electron chi connectivity index (χ4n) is 3.97. The van der Waals surface area contributed by atoms with Crippen LogP contribution in [0.2, 0.25) is 0 Å². The van der Waals surface area contributed by atoms with E-state index in [-0.39, 0.29) is 16.7 Å². The number of rotatable bonds is 9. The van der Waals surface area contributed by atoms with Gasteiger partial charge < -0.3 is 15.5 Å². The van der Waals surface area contributed by atoms with Gasteiger partial charge in [-0.2, -0.15) is 0 Å². The van der Waals surface area contributed by atoms with Gasteiger partial charge in [-0.15, -0.1) is 0 Å². The van der Waals surface area contributed by atoms with Gasteiger partial charge in [0.25, 0.3) is 0 Å². The summed E-state index contributed by atoms with van der Waals surface area (Å²) >= 11 is 0. The molecule has 6 nitrogen and oxygen atoms in total. The maximum absolute atomic E-state index is 13.2. The molecule has 1 aliphatic carbocycles. The number of carbonyl (C=O) groups excluding carboxylic acids is 1. The molecule has 29 heavy (non-hydrogen) atoms. The molecule has 7 heteroatoms. The number of allylic oxidation sites excluding steroid dienone is 2. The van der Waals surface area contributed by atoms with Gasteiger partial charge in [0.05, 0.1) is 23.6 Å². The number of amides is 1. The van der Waals surface area contributed by atoms with Crippen molar-refractivity contribution in [1.82, 2.24) is 5.32 Å². The van der Waals surface area contributed by atoms with Gasteiger partial charge in [-0.1, -0.05) is 51.7 Å². The molecule has 2 N–H and O–H groups in total. The van der Waals surface area contributed by atoms with Crippen molar-refractivity contribution in [3.05, 3.63) is 41.3 Å². The average Bonchev–Trinajstić information content (AvgIpc) is 3.18. The van der Waals surface area contributed by atoms with Gasteiger partial charge in [-0.25, -0.2) is 8.42 Å². The predicted molar refractivity (Wildman–Crippen MR) is 115 cm³/mol. The van der Waals surface area contributed by atoms with E-state index in [9.17, 15) is 13.2 Å². The third kappa shape index (κ3) is 6.16. The highest BCUT2D eigenvalue weighted by Crippen LogP contribution is 2.35. The molecule has 0 saturated heterocycles. The normalized spacial score (nSPS) is 17.0. The first-order chi connectivity index (χ1) is 13.7. The lowest BCUT2D eigenvalue weighted by atomic mass is 9.87. The van der Waals surface area contributed by atoms with E-state index in [0.29, 0.717) is 23.8 Å². The first-order valence-electron chi connectivity index (χ1n) is 10.1. The van der Waals surface area contributed by atoms with Crippen molar-refractivity contribution in [2.45, 2.75) is 56.8 Å². The van der Waals surface area contributed by atoms with Crippen LogP contribution in [0.3, 0.4) is 0 Å². The molecule has 1 atom stereocenters. The Bertz CT molecular complexity index is 851. The Hall–Kier alpha value is -2.15. The van der Waals surface area contributed by atoms with Crippen molar-refractivity contribution in [1.29, 1.82) is 5.41 Å². The van der Waals surface area contributed by atoms with Crippen LogP contribution in [0.4, 0.5) is 0 Å². The summed E-state index contributed by atoms with van der Waals surface area (Å²) < 4.78 is 28.9. The molecule has 1 aromatic carbocycles. The van der Waals surface area contributed by atoms with Crippen molar-refractivity contribution in [2.24, 2.45) is 11.8 Å². The summed E-state index contributed by atoms with van der Waals surface area (Å²) in [6.45, 7) is 3.88. The molecule has 160 valence electrons. The summed E-state index contributed by atoms with van der Waals surface area (Å²) in [4.78, 5) is 13.4. The predicted octanol–water partition coefficient (Wildman–Crippen LogP) is 4.03. The molecule has 1 unspecified atom stereocenters. The van der Waals surface area contributed by atoms with E-state index in [2.05, 4.69) is 5.32 Å². The first-order valence-corrected chi connectivity index (χ1v) is 12.0. The lowest BCUT2D eigenvalue weighted by Crippen LogP contribution is -2.32. The lowest BCUT2D eigenvalue weighted by Gasteiger charge is -2.22. The molecular formula is C22H32N2O4S. The largest absolute Gasteiger partial charge is 0.499 e. The van der Waals surface area contributed by atoms with Gasteiger partial charge in [-0.05, 0) is 30.0 Å². The van der Waals surface area contributed by atoms with Crippen molar-refractivity contribution in [2.75, 3.05) is 13.4 Å². The zero-order chi connectivity index (χ0) is 21.6. The number of nitrogens with one attached hydrogen (secondary N) is 2. The van der Waals surface area contributed by atoms with E-state index in [0.717, 1.165) is 24.6 Å². The number of sulfone groups is 1. The molecule has 1 saturated carbocycles. The number of hydrogen-bond acceptors (Lipinski definition) is 5. The van der Waals surface area contributed by atoms with Crippen LogP contribution < -0.4 is 5.32 Å². The van der Waals surface area contributed by atoms with E-state index in [1.165, 1.54) is 26.2 Å². The molecule has 0 radical (unpaired) electrons. The van der Waals surface area contributed by atoms with Crippen LogP contribution >= 0.6 is 0 Å². The van der Waals surface area contributed by atoms with E-state index < -0.39 is 15.8 Å². The van der Waals surface area contributed by atoms with E-state index >= 15 is 0 Å². The van der Waals surface area contributed by atoms with Crippen molar-refractivity contribution < 1.29 is 17.9 Å². The first kappa shape index (κ1) is 23.1. The Morgan fingerprint density at radius 1 is 1.24 bits per heavy atom. The third-order valence-electron chi connectivity index (χ3n) is 5.48. The second-order valence-corrected chi connectivity index (χ2v) is 10.1. The highest BCUT2D eigenvalue weighted by atomic mass is 32.2. The molecule has 2 rings (SSSR count). The minimum Gasteiger partial charge on any atom is -0.499 e. The highest BCUT2D eigenvalue weighted by Gasteiger charge is 2.28. The average molecular weight is 421 g/mol. The Morgan fingerprint density at radius 2 is 1.83 bits per heavy atom. The summed E-state index contributed by atoms with van der Waals surface area (Å²) in [5, 5.41) is 10.6. The Kier molecular flexibility index (Phi) is 8.02. The SMILES string of the molecule is CO/C(=C(\C=N)NC(=O)C(CC1CCCC1)c1ccc(S(C)(=O)=O)cc1)C(C)C. The maximum Gasteiger partial charge on any atom is 0.232 e. The Morgan fingerprint density at radius 3 is 2.28 bits per heavy atom. The van der Waals surface area contributed by atoms with Crippen LogP contribution in [-0.4, -0.2) is 33.9 Å². The van der Waals surface area contributed by atoms with Gasteiger partial charge in [0.15, 0.2) is 9.84 Å². The number of methoxy groups -OCH3 is 1. The second kappa shape index (κ2) is 10.1. The highest BCUT2D eigenvalue weighted by molar-refractivity contribution is 7.90. The van der Waals surface area contributed by atoms with Crippen LogP contribution in [0.5, 0.6) is 0 Å². The van der Waals surface area contributed by atoms with Crippen molar-refractivity contribution in [3.63, 3.8) is 0 Å². The standard InChI is InChI=1S/C22H32N2O4S/c1-15(2)21(28-3)20(14-23)24-22(25)19(13-16-7-5-6-8-16)17-9-11-18(12-10-17)29(4,26)27/h9-12,14-16,19,23H,5-8,13H2,1-4H3,(H,24,25)/b21-20+,23-14?. The molecular weight excluding hydrogens is 388 g/mol. The molecule has 0 bridgehead atoms. The summed E-state index contributed by atoms with van der Waals surface area (Å²) in [6, 6.07) is 6.56. The van der Waals surface area contributed by atoms with Crippen LogP contribution in [-0.2, 0) is 19.4 Å². The molecule has 1 aromatic rings. The van der Waals surface area contributed by atoms with Gasteiger partial charge in [0.1, 0.15) is 5.76 Å². The zero-order valence-electron chi connectivity index (χ0n) is 17.7. The number of benzene rings is 1. The minimum atomic E-state index is -3.29. The molecule has 0 spiro atoms. The van der Waals surface area contributed by atoms with Gasteiger partial charge >= 0.3 is 0 Å². The monoisotopic (exact) mass is 420 g/mol. The number of carbonyl (C=O) groups is 1. The van der Waals surface area contributed by atoms with E-state index in [1.54, 1.807) is 24.3 Å². The van der Waals surface area contributed by atoms with Crippen LogP contribution in [0.15, 0.2) is 40.6 Å². The molecule has 0 aromatic heterocycles. The quantitative estimate of drug-likeness (QED) is 0.465. The molecule has 1 fully saturated rings. The topological polar surface area (TPSA) is 96.3 Å². The van der Waals surface area contributed by atoms with E-state index in [4.69, 9.17) is 10.1 Å². The number of hydrogen-bond donors (Lipinski definition) is 2. The van der Waals surface area contributed by atoms with Crippen molar-refractivity contribution in [3.8, 4) is 0 Å². The Balaban J connectivity index is 2.34. The van der Waals surface area contributed by atoms with Gasteiger partial charge in [-0.3, -0.25) is 4.79 Å². The van der Waals surface area contributed by atoms with Gasteiger partial charge in [0.2, 0.25) is 5.91 Å². The lowest BCUT2D eigenvalue weighted by molar-refractivity contribution is -0.122. The summed E-state index contributed by atoms with van der Waals surface area (Å²) in [5.74, 6) is 0.448. The third-order valence-corrected chi connectivity index (χ3v) is 6.61. The minimum absolute atomic E-state index is 0.0271. The Labute approximate surface area is 174 Å².